The fourth-order valence-corrected chi connectivity index (χ4v) is 3.81. The Morgan fingerprint density at radius 2 is 1.21 bits per heavy atom. The smallest absolute Gasteiger partial charge is 0.159 e. The van der Waals surface area contributed by atoms with Gasteiger partial charge in [0.25, 0.3) is 0 Å². The van der Waals surface area contributed by atoms with Crippen LogP contribution in [0.25, 0.3) is 21.9 Å². The number of benzene rings is 4. The first kappa shape index (κ1) is 22.6. The molecule has 0 amide bonds. The second-order valence-electron chi connectivity index (χ2n) is 8.05. The van der Waals surface area contributed by atoms with E-state index < -0.39 is 23.3 Å². The molecule has 0 fully saturated rings. The molecule has 0 saturated heterocycles. The first-order valence-corrected chi connectivity index (χ1v) is 10.9. The molecule has 0 nitrogen and oxygen atoms in total. The molecular weight excluding hydrogens is 424 g/mol. The summed E-state index contributed by atoms with van der Waals surface area (Å²) >= 11 is 0. The van der Waals surface area contributed by atoms with Crippen molar-refractivity contribution in [2.24, 2.45) is 0 Å². The van der Waals surface area contributed by atoms with Crippen LogP contribution in [0.3, 0.4) is 0 Å². The molecular formula is C29H22F4. The highest BCUT2D eigenvalue weighted by atomic mass is 19.2. The van der Waals surface area contributed by atoms with Gasteiger partial charge in [-0.2, -0.15) is 0 Å². The predicted octanol–water partition coefficient (Wildman–Crippen LogP) is 8.20. The first-order valence-electron chi connectivity index (χ1n) is 10.9. The van der Waals surface area contributed by atoms with Crippen LogP contribution in [0.1, 0.15) is 42.9 Å². The van der Waals surface area contributed by atoms with Gasteiger partial charge in [-0.25, -0.2) is 17.6 Å². The molecule has 4 rings (SSSR count). The number of halogens is 4. The van der Waals surface area contributed by atoms with Gasteiger partial charge in [0.15, 0.2) is 11.6 Å². The third-order valence-electron chi connectivity index (χ3n) is 5.58. The minimum absolute atomic E-state index is 0.0439. The van der Waals surface area contributed by atoms with E-state index in [-0.39, 0.29) is 5.56 Å². The highest BCUT2D eigenvalue weighted by Crippen LogP contribution is 2.28. The zero-order valence-electron chi connectivity index (χ0n) is 18.2. The fourth-order valence-electron chi connectivity index (χ4n) is 3.81. The van der Waals surface area contributed by atoms with Crippen LogP contribution in [0.4, 0.5) is 17.6 Å². The molecule has 0 aromatic heterocycles. The molecule has 4 heteroatoms. The first-order chi connectivity index (χ1) is 15.9. The van der Waals surface area contributed by atoms with Gasteiger partial charge >= 0.3 is 0 Å². The minimum Gasteiger partial charge on any atom is -0.206 e. The predicted molar refractivity (Wildman–Crippen MR) is 125 cm³/mol. The molecule has 0 unspecified atom stereocenters. The number of fused-ring (bicyclic) bond motifs is 1. The molecule has 0 radical (unpaired) electrons. The van der Waals surface area contributed by atoms with Gasteiger partial charge in [0.1, 0.15) is 11.6 Å². The SMILES string of the molecule is CCCCCc1cc(F)c(-c2ccc(C#Cc3ccc4cc(F)c(F)cc4c3)cc2)c(F)c1. The van der Waals surface area contributed by atoms with Crippen LogP contribution < -0.4 is 0 Å². The Kier molecular flexibility index (Phi) is 6.79. The van der Waals surface area contributed by atoms with Gasteiger partial charge in [0, 0.05) is 11.1 Å². The third-order valence-corrected chi connectivity index (χ3v) is 5.58. The quantitative estimate of drug-likeness (QED) is 0.165. The summed E-state index contributed by atoms with van der Waals surface area (Å²) in [6, 6.07) is 16.9. The molecule has 0 aliphatic rings. The van der Waals surface area contributed by atoms with Crippen molar-refractivity contribution in [1.29, 1.82) is 0 Å². The van der Waals surface area contributed by atoms with Crippen LogP contribution in [-0.2, 0) is 6.42 Å². The lowest BCUT2D eigenvalue weighted by Crippen LogP contribution is -1.95. The Bertz CT molecular complexity index is 1340. The maximum Gasteiger partial charge on any atom is 0.159 e. The number of hydrogen-bond donors (Lipinski definition) is 0. The highest BCUT2D eigenvalue weighted by Gasteiger charge is 2.13. The van der Waals surface area contributed by atoms with Gasteiger partial charge in [0.05, 0.1) is 5.56 Å². The van der Waals surface area contributed by atoms with Crippen LogP contribution in [0.2, 0.25) is 0 Å². The molecule has 4 aromatic carbocycles. The van der Waals surface area contributed by atoms with Crippen molar-refractivity contribution in [2.75, 3.05) is 0 Å². The van der Waals surface area contributed by atoms with E-state index in [9.17, 15) is 17.6 Å². The Labute approximate surface area is 190 Å². The van der Waals surface area contributed by atoms with E-state index in [0.717, 1.165) is 31.4 Å². The molecule has 33 heavy (non-hydrogen) atoms. The molecule has 0 N–H and O–H groups in total. The maximum atomic E-state index is 14.6. The van der Waals surface area contributed by atoms with Gasteiger partial charge in [-0.05, 0) is 83.3 Å². The molecule has 0 heterocycles. The van der Waals surface area contributed by atoms with Crippen molar-refractivity contribution in [3.63, 3.8) is 0 Å². The second kappa shape index (κ2) is 9.92. The van der Waals surface area contributed by atoms with Crippen LogP contribution in [0.15, 0.2) is 66.7 Å². The summed E-state index contributed by atoms with van der Waals surface area (Å²) < 4.78 is 56.1. The number of hydrogen-bond acceptors (Lipinski definition) is 0. The van der Waals surface area contributed by atoms with Crippen molar-refractivity contribution in [3.05, 3.63) is 107 Å². The number of aryl methyl sites for hydroxylation is 1. The van der Waals surface area contributed by atoms with Crippen LogP contribution in [-0.4, -0.2) is 0 Å². The van der Waals surface area contributed by atoms with E-state index in [0.29, 0.717) is 39.4 Å². The van der Waals surface area contributed by atoms with Gasteiger partial charge in [-0.1, -0.05) is 49.8 Å². The largest absolute Gasteiger partial charge is 0.206 e. The van der Waals surface area contributed by atoms with E-state index in [4.69, 9.17) is 0 Å². The van der Waals surface area contributed by atoms with Gasteiger partial charge < -0.3 is 0 Å². The van der Waals surface area contributed by atoms with Gasteiger partial charge in [-0.15, -0.1) is 0 Å². The summed E-state index contributed by atoms with van der Waals surface area (Å²) in [5.41, 5.74) is 2.38. The molecule has 0 spiro atoms. The summed E-state index contributed by atoms with van der Waals surface area (Å²) in [5.74, 6) is 3.05. The molecule has 166 valence electrons. The van der Waals surface area contributed by atoms with Crippen LogP contribution >= 0.6 is 0 Å². The van der Waals surface area contributed by atoms with E-state index in [2.05, 4.69) is 18.8 Å². The topological polar surface area (TPSA) is 0 Å². The third kappa shape index (κ3) is 5.26. The zero-order chi connectivity index (χ0) is 23.4. The van der Waals surface area contributed by atoms with E-state index in [1.165, 1.54) is 12.1 Å². The van der Waals surface area contributed by atoms with E-state index in [1.807, 2.05) is 0 Å². The second-order valence-corrected chi connectivity index (χ2v) is 8.05. The maximum absolute atomic E-state index is 14.6. The van der Waals surface area contributed by atoms with Gasteiger partial charge in [0.2, 0.25) is 0 Å². The highest BCUT2D eigenvalue weighted by molar-refractivity contribution is 5.84. The van der Waals surface area contributed by atoms with Crippen molar-refractivity contribution >= 4 is 10.8 Å². The van der Waals surface area contributed by atoms with E-state index in [1.54, 1.807) is 42.5 Å². The number of unbranched alkanes of at least 4 members (excludes halogenated alkanes) is 2. The minimum atomic E-state index is -0.906. The lowest BCUT2D eigenvalue weighted by atomic mass is 9.99. The molecule has 0 atom stereocenters. The summed E-state index contributed by atoms with van der Waals surface area (Å²) in [5, 5.41) is 1.14. The van der Waals surface area contributed by atoms with Crippen molar-refractivity contribution in [3.8, 4) is 23.0 Å². The lowest BCUT2D eigenvalue weighted by molar-refractivity contribution is 0.511. The summed E-state index contributed by atoms with van der Waals surface area (Å²) in [7, 11) is 0. The molecule has 0 aliphatic carbocycles. The lowest BCUT2D eigenvalue weighted by Gasteiger charge is -2.09. The fraction of sp³-hybridized carbons (Fsp3) is 0.172. The number of rotatable bonds is 5. The Morgan fingerprint density at radius 1 is 0.606 bits per heavy atom. The monoisotopic (exact) mass is 446 g/mol. The Hall–Kier alpha value is -3.58. The zero-order valence-corrected chi connectivity index (χ0v) is 18.2. The van der Waals surface area contributed by atoms with Crippen molar-refractivity contribution in [2.45, 2.75) is 32.6 Å². The molecule has 0 saturated carbocycles. The summed E-state index contributed by atoms with van der Waals surface area (Å²) in [6.07, 6.45) is 3.65. The Morgan fingerprint density at radius 3 is 1.88 bits per heavy atom. The van der Waals surface area contributed by atoms with Crippen LogP contribution in [0, 0.1) is 35.1 Å². The standard InChI is InChI=1S/C29H22F4/c1-2-3-4-5-21-15-27(32)29(28(33)16-21)22-11-8-19(9-12-22)6-7-20-10-13-23-17-25(30)26(31)18-24(23)14-20/h8-18H,2-5H2,1H3. The van der Waals surface area contributed by atoms with E-state index >= 15 is 0 Å². The summed E-state index contributed by atoms with van der Waals surface area (Å²) in [4.78, 5) is 0. The van der Waals surface area contributed by atoms with Gasteiger partial charge in [-0.3, -0.25) is 0 Å². The summed E-state index contributed by atoms with van der Waals surface area (Å²) in [6.45, 7) is 2.09. The molecule has 4 aromatic rings. The average Bonchev–Trinajstić information content (AvgIpc) is 2.79. The average molecular weight is 446 g/mol. The Balaban J connectivity index is 1.55. The van der Waals surface area contributed by atoms with Crippen LogP contribution in [0.5, 0.6) is 0 Å². The van der Waals surface area contributed by atoms with Crippen molar-refractivity contribution in [1.82, 2.24) is 0 Å². The molecule has 0 bridgehead atoms. The normalized spacial score (nSPS) is 10.8. The van der Waals surface area contributed by atoms with Crippen molar-refractivity contribution < 1.29 is 17.6 Å². The molecule has 0 aliphatic heterocycles.